The summed E-state index contributed by atoms with van der Waals surface area (Å²) in [5.74, 6) is 1.01. The van der Waals surface area contributed by atoms with Gasteiger partial charge in [0.05, 0.1) is 0 Å². The molecule has 3 heteroatoms. The minimum absolute atomic E-state index is 0.571. The Kier molecular flexibility index (Phi) is 4.79. The number of nitrogens with zero attached hydrogens (tertiary/aromatic N) is 1. The average molecular weight is 292 g/mol. The SMILES string of the molecule is CC(C)NCc1ccc(CN2CCC3CCCCC32)s1. The van der Waals surface area contributed by atoms with Crippen molar-refractivity contribution < 1.29 is 0 Å². The Hall–Kier alpha value is -0.380. The quantitative estimate of drug-likeness (QED) is 0.882. The van der Waals surface area contributed by atoms with Crippen LogP contribution in [0.4, 0.5) is 0 Å². The van der Waals surface area contributed by atoms with Crippen LogP contribution in [0, 0.1) is 5.92 Å². The molecule has 0 aromatic carbocycles. The Morgan fingerprint density at radius 1 is 1.20 bits per heavy atom. The summed E-state index contributed by atoms with van der Waals surface area (Å²) >= 11 is 2.00. The molecule has 3 rings (SSSR count). The lowest BCUT2D eigenvalue weighted by atomic mass is 9.85. The van der Waals surface area contributed by atoms with Gasteiger partial charge in [-0.1, -0.05) is 26.7 Å². The van der Waals surface area contributed by atoms with Gasteiger partial charge in [0.2, 0.25) is 0 Å². The summed E-state index contributed by atoms with van der Waals surface area (Å²) in [4.78, 5) is 5.79. The zero-order valence-electron chi connectivity index (χ0n) is 12.9. The number of fused-ring (bicyclic) bond motifs is 1. The lowest BCUT2D eigenvalue weighted by Gasteiger charge is -2.31. The van der Waals surface area contributed by atoms with Crippen LogP contribution in [0.25, 0.3) is 0 Å². The van der Waals surface area contributed by atoms with E-state index in [-0.39, 0.29) is 0 Å². The van der Waals surface area contributed by atoms with Crippen molar-refractivity contribution in [2.75, 3.05) is 6.54 Å². The summed E-state index contributed by atoms with van der Waals surface area (Å²) < 4.78 is 0. The molecule has 1 aromatic rings. The molecule has 20 heavy (non-hydrogen) atoms. The van der Waals surface area contributed by atoms with Crippen LogP contribution < -0.4 is 5.32 Å². The van der Waals surface area contributed by atoms with Crippen molar-refractivity contribution >= 4 is 11.3 Å². The van der Waals surface area contributed by atoms with Crippen molar-refractivity contribution in [3.63, 3.8) is 0 Å². The largest absolute Gasteiger partial charge is 0.310 e. The van der Waals surface area contributed by atoms with E-state index in [1.807, 2.05) is 11.3 Å². The highest BCUT2D eigenvalue weighted by atomic mass is 32.1. The van der Waals surface area contributed by atoms with Crippen molar-refractivity contribution in [1.82, 2.24) is 10.2 Å². The van der Waals surface area contributed by atoms with Gasteiger partial charge in [0.1, 0.15) is 0 Å². The summed E-state index contributed by atoms with van der Waals surface area (Å²) in [6.45, 7) is 7.96. The van der Waals surface area contributed by atoms with E-state index in [4.69, 9.17) is 0 Å². The summed E-state index contributed by atoms with van der Waals surface area (Å²) in [5.41, 5.74) is 0. The Balaban J connectivity index is 1.55. The Labute approximate surface area is 127 Å². The van der Waals surface area contributed by atoms with Crippen molar-refractivity contribution in [1.29, 1.82) is 0 Å². The van der Waals surface area contributed by atoms with Crippen LogP contribution in [0.2, 0.25) is 0 Å². The van der Waals surface area contributed by atoms with E-state index in [0.29, 0.717) is 6.04 Å². The van der Waals surface area contributed by atoms with E-state index in [1.54, 1.807) is 4.88 Å². The normalized spacial score (nSPS) is 27.1. The van der Waals surface area contributed by atoms with Gasteiger partial charge in [-0.05, 0) is 43.9 Å². The first-order chi connectivity index (χ1) is 9.72. The molecule has 2 fully saturated rings. The number of likely N-dealkylation sites (tertiary alicyclic amines) is 1. The molecule has 1 aliphatic carbocycles. The fraction of sp³-hybridized carbons (Fsp3) is 0.765. The van der Waals surface area contributed by atoms with Gasteiger partial charge in [-0.25, -0.2) is 0 Å². The minimum Gasteiger partial charge on any atom is -0.310 e. The summed E-state index contributed by atoms with van der Waals surface area (Å²) in [7, 11) is 0. The van der Waals surface area contributed by atoms with E-state index in [2.05, 4.69) is 36.2 Å². The topological polar surface area (TPSA) is 15.3 Å². The maximum atomic E-state index is 3.51. The lowest BCUT2D eigenvalue weighted by molar-refractivity contribution is 0.177. The van der Waals surface area contributed by atoms with Gasteiger partial charge in [0.25, 0.3) is 0 Å². The highest BCUT2D eigenvalue weighted by molar-refractivity contribution is 7.11. The molecule has 2 nitrogen and oxygen atoms in total. The third-order valence-electron chi connectivity index (χ3n) is 4.89. The van der Waals surface area contributed by atoms with E-state index in [1.165, 1.54) is 50.1 Å². The van der Waals surface area contributed by atoms with Gasteiger partial charge in [0, 0.05) is 34.9 Å². The van der Waals surface area contributed by atoms with Crippen LogP contribution in [0.3, 0.4) is 0 Å². The number of thiophene rings is 1. The van der Waals surface area contributed by atoms with Gasteiger partial charge < -0.3 is 5.32 Å². The van der Waals surface area contributed by atoms with Crippen LogP contribution in [-0.4, -0.2) is 23.5 Å². The van der Waals surface area contributed by atoms with Crippen LogP contribution in [-0.2, 0) is 13.1 Å². The van der Waals surface area contributed by atoms with Crippen LogP contribution in [0.1, 0.15) is 55.7 Å². The molecule has 1 saturated heterocycles. The van der Waals surface area contributed by atoms with Crippen molar-refractivity contribution in [3.8, 4) is 0 Å². The second-order valence-corrected chi connectivity index (χ2v) is 8.03. The summed E-state index contributed by atoms with van der Waals surface area (Å²) in [6, 6.07) is 6.12. The Morgan fingerprint density at radius 3 is 2.85 bits per heavy atom. The van der Waals surface area contributed by atoms with E-state index >= 15 is 0 Å². The molecule has 1 N–H and O–H groups in total. The minimum atomic E-state index is 0.571. The van der Waals surface area contributed by atoms with Crippen LogP contribution >= 0.6 is 11.3 Å². The lowest BCUT2D eigenvalue weighted by Crippen LogP contribution is -2.33. The van der Waals surface area contributed by atoms with E-state index in [9.17, 15) is 0 Å². The number of nitrogens with one attached hydrogen (secondary N) is 1. The molecular weight excluding hydrogens is 264 g/mol. The fourth-order valence-corrected chi connectivity index (χ4v) is 4.80. The monoisotopic (exact) mass is 292 g/mol. The number of hydrogen-bond donors (Lipinski definition) is 1. The third-order valence-corrected chi connectivity index (χ3v) is 5.96. The highest BCUT2D eigenvalue weighted by Gasteiger charge is 2.35. The molecule has 2 heterocycles. The highest BCUT2D eigenvalue weighted by Crippen LogP contribution is 2.37. The molecule has 2 unspecified atom stereocenters. The number of hydrogen-bond acceptors (Lipinski definition) is 3. The molecule has 0 radical (unpaired) electrons. The first-order valence-electron chi connectivity index (χ1n) is 8.27. The maximum Gasteiger partial charge on any atom is 0.0331 e. The van der Waals surface area contributed by atoms with Gasteiger partial charge in [0.15, 0.2) is 0 Å². The van der Waals surface area contributed by atoms with E-state index < -0.39 is 0 Å². The fourth-order valence-electron chi connectivity index (χ4n) is 3.81. The van der Waals surface area contributed by atoms with Crippen LogP contribution in [0.5, 0.6) is 0 Å². The maximum absolute atomic E-state index is 3.51. The molecule has 2 atom stereocenters. The van der Waals surface area contributed by atoms with Gasteiger partial charge in [-0.3, -0.25) is 4.90 Å². The second kappa shape index (κ2) is 6.59. The standard InChI is InChI=1S/C17H28N2S/c1-13(2)18-11-15-7-8-16(20-15)12-19-10-9-14-5-3-4-6-17(14)19/h7-8,13-14,17-18H,3-6,9-12H2,1-2H3. The molecule has 2 aliphatic rings. The Morgan fingerprint density at radius 2 is 2.00 bits per heavy atom. The molecular formula is C17H28N2S. The first-order valence-corrected chi connectivity index (χ1v) is 9.09. The van der Waals surface area contributed by atoms with Gasteiger partial charge >= 0.3 is 0 Å². The van der Waals surface area contributed by atoms with Gasteiger partial charge in [-0.15, -0.1) is 11.3 Å². The molecule has 112 valence electrons. The van der Waals surface area contributed by atoms with Crippen molar-refractivity contribution in [3.05, 3.63) is 21.9 Å². The van der Waals surface area contributed by atoms with Crippen LogP contribution in [0.15, 0.2) is 12.1 Å². The molecule has 1 aliphatic heterocycles. The van der Waals surface area contributed by atoms with Crippen molar-refractivity contribution in [2.45, 2.75) is 71.1 Å². The zero-order valence-corrected chi connectivity index (χ0v) is 13.7. The first kappa shape index (κ1) is 14.6. The third kappa shape index (κ3) is 3.44. The smallest absolute Gasteiger partial charge is 0.0331 e. The predicted octanol–water partition coefficient (Wildman–Crippen LogP) is 4.01. The molecule has 0 amide bonds. The zero-order chi connectivity index (χ0) is 13.9. The second-order valence-electron chi connectivity index (χ2n) is 6.77. The number of rotatable bonds is 5. The predicted molar refractivity (Wildman–Crippen MR) is 87.1 cm³/mol. The van der Waals surface area contributed by atoms with Gasteiger partial charge in [-0.2, -0.15) is 0 Å². The van der Waals surface area contributed by atoms with E-state index in [0.717, 1.165) is 18.5 Å². The molecule has 1 aromatic heterocycles. The molecule has 0 bridgehead atoms. The summed E-state index contributed by atoms with van der Waals surface area (Å²) in [6.07, 6.45) is 7.29. The molecule has 1 saturated carbocycles. The average Bonchev–Trinajstić information content (AvgIpc) is 3.05. The Bertz CT molecular complexity index is 426. The van der Waals surface area contributed by atoms with Crippen molar-refractivity contribution in [2.24, 2.45) is 5.92 Å². The molecule has 0 spiro atoms. The summed E-state index contributed by atoms with van der Waals surface area (Å²) in [5, 5.41) is 3.51.